The molecule has 4 nitrogen and oxygen atoms in total. The average molecular weight is 408 g/mol. The van der Waals surface area contributed by atoms with E-state index in [4.69, 9.17) is 0 Å². The minimum Gasteiger partial charge on any atom is -0.245 e. The quantitative estimate of drug-likeness (QED) is 0.765. The molecule has 1 fully saturated rings. The van der Waals surface area contributed by atoms with Gasteiger partial charge >= 0.3 is 6.18 Å². The Morgan fingerprint density at radius 1 is 1.23 bits per heavy atom. The molecule has 1 heterocycles. The molecule has 0 bridgehead atoms. The number of hydrogen-bond donors (Lipinski definition) is 1. The third-order valence-electron chi connectivity index (χ3n) is 4.36. The van der Waals surface area contributed by atoms with Crippen LogP contribution in [-0.2, 0) is 21.7 Å². The van der Waals surface area contributed by atoms with Crippen LogP contribution in [0.25, 0.3) is 0 Å². The summed E-state index contributed by atoms with van der Waals surface area (Å²) in [6.07, 6.45) is -2.37. The number of benzene rings is 1. The van der Waals surface area contributed by atoms with Gasteiger partial charge in [0.15, 0.2) is 0 Å². The molecule has 0 spiro atoms. The third kappa shape index (κ3) is 3.63. The number of rotatable bonds is 4. The minimum absolute atomic E-state index is 0.327. The van der Waals surface area contributed by atoms with E-state index >= 15 is 0 Å². The number of sulfonamides is 1. The Morgan fingerprint density at radius 3 is 2.42 bits per heavy atom. The third-order valence-corrected chi connectivity index (χ3v) is 7.08. The van der Waals surface area contributed by atoms with Gasteiger partial charge in [0, 0.05) is 11.1 Å². The highest BCUT2D eigenvalue weighted by molar-refractivity contribution is 7.89. The molecule has 0 saturated heterocycles. The zero-order chi connectivity index (χ0) is 19.2. The van der Waals surface area contributed by atoms with Gasteiger partial charge in [0.2, 0.25) is 10.0 Å². The van der Waals surface area contributed by atoms with E-state index in [0.29, 0.717) is 36.0 Å². The molecule has 0 unspecified atom stereocenters. The van der Waals surface area contributed by atoms with Crippen molar-refractivity contribution in [2.24, 2.45) is 0 Å². The molecule has 2 aromatic rings. The Morgan fingerprint density at radius 2 is 1.88 bits per heavy atom. The first-order chi connectivity index (χ1) is 12.0. The summed E-state index contributed by atoms with van der Waals surface area (Å²) in [5.74, 6) is -1.23. The Hall–Kier alpha value is -1.52. The second kappa shape index (κ2) is 6.58. The lowest BCUT2D eigenvalue weighted by Gasteiger charge is -2.28. The summed E-state index contributed by atoms with van der Waals surface area (Å²) < 4.78 is 80.6. The molecular formula is C16H16F4N2O2S2. The van der Waals surface area contributed by atoms with Gasteiger partial charge in [0.25, 0.3) is 0 Å². The summed E-state index contributed by atoms with van der Waals surface area (Å²) in [7, 11) is -4.51. The lowest BCUT2D eigenvalue weighted by atomic mass is 10.0. The Balaban J connectivity index is 2.03. The largest absolute Gasteiger partial charge is 0.416 e. The highest BCUT2D eigenvalue weighted by Gasteiger charge is 2.43. The molecule has 0 radical (unpaired) electrons. The number of alkyl halides is 3. The van der Waals surface area contributed by atoms with Gasteiger partial charge in [-0.3, -0.25) is 0 Å². The molecule has 1 aliphatic carbocycles. The lowest BCUT2D eigenvalue weighted by molar-refractivity contribution is -0.137. The van der Waals surface area contributed by atoms with E-state index in [1.165, 1.54) is 11.3 Å². The van der Waals surface area contributed by atoms with Crippen molar-refractivity contribution in [3.63, 3.8) is 0 Å². The maximum absolute atomic E-state index is 14.1. The molecule has 26 heavy (non-hydrogen) atoms. The summed E-state index contributed by atoms with van der Waals surface area (Å²) in [5, 5.41) is 2.32. The molecule has 0 amide bonds. The topological polar surface area (TPSA) is 59.1 Å². The van der Waals surface area contributed by atoms with Crippen molar-refractivity contribution in [3.8, 4) is 0 Å². The minimum atomic E-state index is -4.77. The highest BCUT2D eigenvalue weighted by atomic mass is 32.2. The van der Waals surface area contributed by atoms with Gasteiger partial charge in [-0.1, -0.05) is 12.8 Å². The summed E-state index contributed by atoms with van der Waals surface area (Å²) >= 11 is 1.28. The van der Waals surface area contributed by atoms with E-state index in [2.05, 4.69) is 9.71 Å². The molecule has 1 saturated carbocycles. The first-order valence-electron chi connectivity index (χ1n) is 7.87. The smallest absolute Gasteiger partial charge is 0.245 e. The van der Waals surface area contributed by atoms with Crippen molar-refractivity contribution < 1.29 is 26.0 Å². The Bertz CT molecular complexity index is 917. The number of nitrogens with one attached hydrogen (secondary N) is 1. The summed E-state index contributed by atoms with van der Waals surface area (Å²) in [4.78, 5) is 3.33. The molecule has 1 aromatic heterocycles. The molecule has 1 aromatic carbocycles. The molecule has 0 atom stereocenters. The van der Waals surface area contributed by atoms with Gasteiger partial charge in [0.1, 0.15) is 15.7 Å². The fourth-order valence-corrected chi connectivity index (χ4v) is 5.72. The van der Waals surface area contributed by atoms with Gasteiger partial charge in [-0.2, -0.15) is 17.9 Å². The van der Waals surface area contributed by atoms with Crippen LogP contribution in [0.3, 0.4) is 0 Å². The Labute approximate surface area is 152 Å². The monoisotopic (exact) mass is 408 g/mol. The van der Waals surface area contributed by atoms with Gasteiger partial charge in [-0.05, 0) is 38.0 Å². The predicted octanol–water partition coefficient (Wildman–Crippen LogP) is 4.36. The standard InChI is InChI=1S/C16H16F4N2O2S2/c1-10-9-25-14(21-10)15(6-2-3-7-15)22-26(23,24)13-8-11(16(18,19)20)4-5-12(13)17/h4-5,8-9,22H,2-3,6-7H2,1H3. The van der Waals surface area contributed by atoms with Gasteiger partial charge in [0.05, 0.1) is 11.1 Å². The van der Waals surface area contributed by atoms with Crippen LogP contribution < -0.4 is 4.72 Å². The predicted molar refractivity (Wildman–Crippen MR) is 88.7 cm³/mol. The zero-order valence-corrected chi connectivity index (χ0v) is 15.4. The number of thiazole rings is 1. The fraction of sp³-hybridized carbons (Fsp3) is 0.438. The molecule has 0 aliphatic heterocycles. The summed E-state index contributed by atoms with van der Waals surface area (Å²) in [6, 6.07) is 1.36. The molecule has 1 N–H and O–H groups in total. The van der Waals surface area contributed by atoms with E-state index in [1.54, 1.807) is 12.3 Å². The maximum Gasteiger partial charge on any atom is 0.416 e. The van der Waals surface area contributed by atoms with E-state index in [9.17, 15) is 26.0 Å². The Kier molecular flexibility index (Phi) is 4.87. The lowest BCUT2D eigenvalue weighted by Crippen LogP contribution is -2.44. The maximum atomic E-state index is 14.1. The van der Waals surface area contributed by atoms with Crippen molar-refractivity contribution in [1.29, 1.82) is 0 Å². The molecular weight excluding hydrogens is 392 g/mol. The number of halogens is 4. The van der Waals surface area contributed by atoms with E-state index in [0.717, 1.165) is 18.5 Å². The van der Waals surface area contributed by atoms with Crippen LogP contribution in [0.15, 0.2) is 28.5 Å². The zero-order valence-electron chi connectivity index (χ0n) is 13.7. The SMILES string of the molecule is Cc1csc(C2(NS(=O)(=O)c3cc(C(F)(F)F)ccc3F)CCCC2)n1. The van der Waals surface area contributed by atoms with Gasteiger partial charge in [-0.25, -0.2) is 17.8 Å². The van der Waals surface area contributed by atoms with E-state index in [1.807, 2.05) is 0 Å². The molecule has 142 valence electrons. The highest BCUT2D eigenvalue weighted by Crippen LogP contribution is 2.41. The van der Waals surface area contributed by atoms with Crippen LogP contribution in [0.2, 0.25) is 0 Å². The summed E-state index contributed by atoms with van der Waals surface area (Å²) in [5.41, 5.74) is -1.51. The number of hydrogen-bond acceptors (Lipinski definition) is 4. The second-order valence-electron chi connectivity index (χ2n) is 6.33. The fourth-order valence-electron chi connectivity index (χ4n) is 3.11. The normalized spacial score (nSPS) is 17.6. The molecule has 10 heteroatoms. The van der Waals surface area contributed by atoms with Crippen LogP contribution >= 0.6 is 11.3 Å². The van der Waals surface area contributed by atoms with Gasteiger partial charge < -0.3 is 0 Å². The van der Waals surface area contributed by atoms with Crippen molar-refractivity contribution in [3.05, 3.63) is 45.7 Å². The van der Waals surface area contributed by atoms with Crippen LogP contribution in [0.5, 0.6) is 0 Å². The van der Waals surface area contributed by atoms with Crippen LogP contribution in [-0.4, -0.2) is 13.4 Å². The average Bonchev–Trinajstić information content (AvgIpc) is 3.16. The molecule has 1 aliphatic rings. The van der Waals surface area contributed by atoms with Crippen LogP contribution in [0, 0.1) is 12.7 Å². The van der Waals surface area contributed by atoms with Gasteiger partial charge in [-0.15, -0.1) is 11.3 Å². The summed E-state index contributed by atoms with van der Waals surface area (Å²) in [6.45, 7) is 1.77. The number of nitrogens with zero attached hydrogens (tertiary/aromatic N) is 1. The first kappa shape index (κ1) is 19.2. The van der Waals surface area contributed by atoms with Crippen molar-refractivity contribution in [2.45, 2.75) is 49.2 Å². The van der Waals surface area contributed by atoms with Crippen molar-refractivity contribution in [1.82, 2.24) is 9.71 Å². The van der Waals surface area contributed by atoms with E-state index in [-0.39, 0.29) is 0 Å². The van der Waals surface area contributed by atoms with Crippen molar-refractivity contribution in [2.75, 3.05) is 0 Å². The van der Waals surface area contributed by atoms with Crippen LogP contribution in [0.1, 0.15) is 41.9 Å². The first-order valence-corrected chi connectivity index (χ1v) is 10.2. The number of aryl methyl sites for hydroxylation is 1. The van der Waals surface area contributed by atoms with Crippen LogP contribution in [0.4, 0.5) is 17.6 Å². The van der Waals surface area contributed by atoms with Crippen molar-refractivity contribution >= 4 is 21.4 Å². The molecule has 3 rings (SSSR count). The number of aromatic nitrogens is 1. The second-order valence-corrected chi connectivity index (χ2v) is 8.84. The van der Waals surface area contributed by atoms with E-state index < -0.39 is 38.0 Å².